The van der Waals surface area contributed by atoms with Crippen LogP contribution in [0.1, 0.15) is 17.0 Å². The van der Waals surface area contributed by atoms with Crippen molar-refractivity contribution in [1.29, 1.82) is 0 Å². The van der Waals surface area contributed by atoms with Gasteiger partial charge in [-0.3, -0.25) is 4.79 Å². The van der Waals surface area contributed by atoms with Gasteiger partial charge in [-0.15, -0.1) is 0 Å². The van der Waals surface area contributed by atoms with Crippen molar-refractivity contribution < 1.29 is 9.21 Å². The van der Waals surface area contributed by atoms with Gasteiger partial charge < -0.3 is 9.32 Å². The number of para-hydroxylation sites is 1. The topological polar surface area (TPSA) is 33.5 Å². The zero-order chi connectivity index (χ0) is 12.5. The average molecular weight is 308 g/mol. The molecule has 3 rings (SSSR count). The van der Waals surface area contributed by atoms with E-state index in [-0.39, 0.29) is 5.91 Å². The Morgan fingerprint density at radius 1 is 1.44 bits per heavy atom. The Bertz CT molecular complexity index is 545. The quantitative estimate of drug-likeness (QED) is 0.798. The van der Waals surface area contributed by atoms with E-state index >= 15 is 0 Å². The molecule has 1 amide bonds. The molecule has 1 unspecified atom stereocenters. The van der Waals surface area contributed by atoms with Gasteiger partial charge in [0.2, 0.25) is 0 Å². The first-order valence-electron chi connectivity index (χ1n) is 6.12. The number of furan rings is 1. The maximum absolute atomic E-state index is 12.3. The Morgan fingerprint density at radius 2 is 2.28 bits per heavy atom. The summed E-state index contributed by atoms with van der Waals surface area (Å²) in [7, 11) is 0. The number of hydrogen-bond acceptors (Lipinski definition) is 2. The molecule has 1 aliphatic heterocycles. The molecular formula is C14H14BrNO2. The zero-order valence-corrected chi connectivity index (χ0v) is 11.5. The number of fused-ring (bicyclic) bond motifs is 1. The third kappa shape index (κ3) is 2.05. The Labute approximate surface area is 114 Å². The van der Waals surface area contributed by atoms with E-state index in [1.807, 2.05) is 35.2 Å². The third-order valence-corrected chi connectivity index (χ3v) is 4.34. The number of rotatable bonds is 2. The summed E-state index contributed by atoms with van der Waals surface area (Å²) in [5.41, 5.74) is 0.775. The van der Waals surface area contributed by atoms with Crippen LogP contribution in [-0.2, 0) is 0 Å². The van der Waals surface area contributed by atoms with E-state index in [2.05, 4.69) is 15.9 Å². The molecule has 0 bridgehead atoms. The largest absolute Gasteiger partial charge is 0.451 e. The van der Waals surface area contributed by atoms with Crippen LogP contribution in [0.3, 0.4) is 0 Å². The SMILES string of the molecule is O=C(c1cc2ccccc2o1)N1CCC(CBr)C1. The third-order valence-electron chi connectivity index (χ3n) is 3.43. The van der Waals surface area contributed by atoms with E-state index in [9.17, 15) is 4.79 Å². The van der Waals surface area contributed by atoms with Crippen LogP contribution in [0.2, 0.25) is 0 Å². The van der Waals surface area contributed by atoms with Gasteiger partial charge in [0, 0.05) is 23.8 Å². The average Bonchev–Trinajstić information content (AvgIpc) is 3.04. The Hall–Kier alpha value is -1.29. The van der Waals surface area contributed by atoms with Crippen LogP contribution in [-0.4, -0.2) is 29.2 Å². The second-order valence-electron chi connectivity index (χ2n) is 4.71. The number of carbonyl (C=O) groups excluding carboxylic acids is 1. The fourth-order valence-corrected chi connectivity index (χ4v) is 2.91. The first-order valence-corrected chi connectivity index (χ1v) is 7.24. The van der Waals surface area contributed by atoms with Crippen LogP contribution in [0.15, 0.2) is 34.7 Å². The maximum atomic E-state index is 12.3. The minimum atomic E-state index is 0.00894. The minimum Gasteiger partial charge on any atom is -0.451 e. The molecule has 4 heteroatoms. The smallest absolute Gasteiger partial charge is 0.289 e. The van der Waals surface area contributed by atoms with E-state index in [0.29, 0.717) is 11.7 Å². The summed E-state index contributed by atoms with van der Waals surface area (Å²) in [6, 6.07) is 9.54. The predicted molar refractivity (Wildman–Crippen MR) is 74.0 cm³/mol. The van der Waals surface area contributed by atoms with Gasteiger partial charge in [-0.1, -0.05) is 34.1 Å². The van der Waals surface area contributed by atoms with Crippen LogP contribution in [0.4, 0.5) is 0 Å². The number of likely N-dealkylation sites (tertiary alicyclic amines) is 1. The Balaban J connectivity index is 1.84. The molecular weight excluding hydrogens is 294 g/mol. The second-order valence-corrected chi connectivity index (χ2v) is 5.36. The zero-order valence-electron chi connectivity index (χ0n) is 9.93. The molecule has 1 saturated heterocycles. The van der Waals surface area contributed by atoms with E-state index in [1.54, 1.807) is 0 Å². The summed E-state index contributed by atoms with van der Waals surface area (Å²) in [5.74, 6) is 1.03. The number of benzene rings is 1. The number of nitrogens with zero attached hydrogens (tertiary/aromatic N) is 1. The number of carbonyl (C=O) groups is 1. The molecule has 0 aliphatic carbocycles. The van der Waals surface area contributed by atoms with Crippen molar-refractivity contribution >= 4 is 32.8 Å². The van der Waals surface area contributed by atoms with Gasteiger partial charge in [-0.2, -0.15) is 0 Å². The lowest BCUT2D eigenvalue weighted by Gasteiger charge is -2.13. The fourth-order valence-electron chi connectivity index (χ4n) is 2.39. The molecule has 1 aromatic heterocycles. The highest BCUT2D eigenvalue weighted by atomic mass is 79.9. The molecule has 2 aromatic rings. The fraction of sp³-hybridized carbons (Fsp3) is 0.357. The summed E-state index contributed by atoms with van der Waals surface area (Å²) in [6.45, 7) is 1.65. The molecule has 1 aromatic carbocycles. The van der Waals surface area contributed by atoms with Gasteiger partial charge >= 0.3 is 0 Å². The molecule has 0 radical (unpaired) electrons. The van der Waals surface area contributed by atoms with E-state index in [4.69, 9.17) is 4.42 Å². The van der Waals surface area contributed by atoms with Crippen molar-refractivity contribution in [2.45, 2.75) is 6.42 Å². The van der Waals surface area contributed by atoms with E-state index < -0.39 is 0 Å². The van der Waals surface area contributed by atoms with Crippen molar-refractivity contribution in [3.8, 4) is 0 Å². The number of halogens is 1. The number of amides is 1. The molecule has 1 fully saturated rings. The standard InChI is InChI=1S/C14H14BrNO2/c15-8-10-5-6-16(9-10)14(17)13-7-11-3-1-2-4-12(11)18-13/h1-4,7,10H,5-6,8-9H2. The highest BCUT2D eigenvalue weighted by Crippen LogP contribution is 2.24. The van der Waals surface area contributed by atoms with Gasteiger partial charge in [0.25, 0.3) is 5.91 Å². The lowest BCUT2D eigenvalue weighted by molar-refractivity contribution is 0.0759. The van der Waals surface area contributed by atoms with E-state index in [1.165, 1.54) is 0 Å². The normalized spacial score (nSPS) is 19.6. The summed E-state index contributed by atoms with van der Waals surface area (Å²) in [5, 5.41) is 1.94. The minimum absolute atomic E-state index is 0.00894. The van der Waals surface area contributed by atoms with Crippen molar-refractivity contribution in [3.63, 3.8) is 0 Å². The van der Waals surface area contributed by atoms with Crippen molar-refractivity contribution in [1.82, 2.24) is 4.90 Å². The van der Waals surface area contributed by atoms with Crippen LogP contribution < -0.4 is 0 Å². The molecule has 3 nitrogen and oxygen atoms in total. The van der Waals surface area contributed by atoms with Gasteiger partial charge in [0.05, 0.1) is 0 Å². The van der Waals surface area contributed by atoms with Crippen molar-refractivity contribution in [3.05, 3.63) is 36.1 Å². The summed E-state index contributed by atoms with van der Waals surface area (Å²) in [4.78, 5) is 14.2. The summed E-state index contributed by atoms with van der Waals surface area (Å²) in [6.07, 6.45) is 1.07. The molecule has 18 heavy (non-hydrogen) atoms. The Morgan fingerprint density at radius 3 is 3.00 bits per heavy atom. The van der Waals surface area contributed by atoms with Gasteiger partial charge in [-0.25, -0.2) is 0 Å². The molecule has 2 heterocycles. The predicted octanol–water partition coefficient (Wildman–Crippen LogP) is 3.29. The van der Waals surface area contributed by atoms with Gasteiger partial charge in [0.1, 0.15) is 5.58 Å². The van der Waals surface area contributed by atoms with Crippen molar-refractivity contribution in [2.24, 2.45) is 5.92 Å². The summed E-state index contributed by atoms with van der Waals surface area (Å²) >= 11 is 3.48. The molecule has 0 saturated carbocycles. The first kappa shape index (κ1) is 11.8. The monoisotopic (exact) mass is 307 g/mol. The van der Waals surface area contributed by atoms with Crippen LogP contribution >= 0.6 is 15.9 Å². The second kappa shape index (κ2) is 4.76. The molecule has 94 valence electrons. The Kier molecular flexibility index (Phi) is 3.12. The molecule has 1 aliphatic rings. The highest BCUT2D eigenvalue weighted by molar-refractivity contribution is 9.09. The van der Waals surface area contributed by atoms with Crippen LogP contribution in [0, 0.1) is 5.92 Å². The number of alkyl halides is 1. The van der Waals surface area contributed by atoms with Crippen molar-refractivity contribution in [2.75, 3.05) is 18.4 Å². The first-order chi connectivity index (χ1) is 8.78. The molecule has 0 N–H and O–H groups in total. The lowest BCUT2D eigenvalue weighted by Crippen LogP contribution is -2.28. The summed E-state index contributed by atoms with van der Waals surface area (Å²) < 4.78 is 5.61. The van der Waals surface area contributed by atoms with Gasteiger partial charge in [0.15, 0.2) is 5.76 Å². The maximum Gasteiger partial charge on any atom is 0.289 e. The van der Waals surface area contributed by atoms with Gasteiger partial charge in [-0.05, 0) is 24.5 Å². The van der Waals surface area contributed by atoms with E-state index in [0.717, 1.165) is 35.8 Å². The molecule has 1 atom stereocenters. The molecule has 0 spiro atoms. The van der Waals surface area contributed by atoms with Crippen LogP contribution in [0.25, 0.3) is 11.0 Å². The number of hydrogen-bond donors (Lipinski definition) is 0. The van der Waals surface area contributed by atoms with Crippen LogP contribution in [0.5, 0.6) is 0 Å². The highest BCUT2D eigenvalue weighted by Gasteiger charge is 2.27. The lowest BCUT2D eigenvalue weighted by atomic mass is 10.2.